The van der Waals surface area contributed by atoms with Crippen molar-refractivity contribution < 1.29 is 9.18 Å². The minimum Gasteiger partial charge on any atom is -0.325 e. The lowest BCUT2D eigenvalue weighted by atomic mass is 10.2. The van der Waals surface area contributed by atoms with Crippen LogP contribution in [0.15, 0.2) is 42.5 Å². The van der Waals surface area contributed by atoms with Crippen LogP contribution in [0.5, 0.6) is 0 Å². The molecule has 2 aromatic rings. The van der Waals surface area contributed by atoms with Gasteiger partial charge in [-0.15, -0.1) is 0 Å². The largest absolute Gasteiger partial charge is 0.325 e. The Bertz CT molecular complexity index is 775. The van der Waals surface area contributed by atoms with Crippen molar-refractivity contribution in [1.29, 1.82) is 0 Å². The lowest BCUT2D eigenvalue weighted by Gasteiger charge is -2.34. The average Bonchev–Trinajstić information content (AvgIpc) is 2.61. The molecule has 1 saturated heterocycles. The van der Waals surface area contributed by atoms with E-state index >= 15 is 0 Å². The Kier molecular flexibility index (Phi) is 6.25. The third-order valence-corrected chi connectivity index (χ3v) is 5.01. The first kappa shape index (κ1) is 18.8. The summed E-state index contributed by atoms with van der Waals surface area (Å²) in [6.07, 6.45) is 0. The van der Waals surface area contributed by atoms with E-state index in [0.29, 0.717) is 18.1 Å². The van der Waals surface area contributed by atoms with Crippen LogP contribution in [0, 0.1) is 12.7 Å². The van der Waals surface area contributed by atoms with Crippen molar-refractivity contribution in [3.05, 3.63) is 64.4 Å². The maximum atomic E-state index is 13.1. The van der Waals surface area contributed by atoms with Crippen molar-refractivity contribution in [2.75, 3.05) is 38.0 Å². The van der Waals surface area contributed by atoms with Gasteiger partial charge in [0, 0.05) is 43.4 Å². The second-order valence-electron chi connectivity index (χ2n) is 6.65. The van der Waals surface area contributed by atoms with Gasteiger partial charge in [0.25, 0.3) is 0 Å². The molecule has 1 aliphatic rings. The highest BCUT2D eigenvalue weighted by molar-refractivity contribution is 6.31. The van der Waals surface area contributed by atoms with Gasteiger partial charge in [0.1, 0.15) is 5.82 Å². The van der Waals surface area contributed by atoms with Gasteiger partial charge in [0.2, 0.25) is 5.91 Å². The lowest BCUT2D eigenvalue weighted by molar-refractivity contribution is -0.117. The first-order chi connectivity index (χ1) is 12.5. The van der Waals surface area contributed by atoms with Crippen LogP contribution < -0.4 is 5.32 Å². The number of piperazine rings is 1. The van der Waals surface area contributed by atoms with E-state index in [1.54, 1.807) is 6.07 Å². The summed E-state index contributed by atoms with van der Waals surface area (Å²) >= 11 is 6.11. The topological polar surface area (TPSA) is 35.6 Å². The van der Waals surface area contributed by atoms with E-state index in [-0.39, 0.29) is 11.7 Å². The summed E-state index contributed by atoms with van der Waals surface area (Å²) in [5.41, 5.74) is 2.85. The Morgan fingerprint density at radius 1 is 1.12 bits per heavy atom. The monoisotopic (exact) mass is 375 g/mol. The summed E-state index contributed by atoms with van der Waals surface area (Å²) in [5, 5.41) is 3.44. The minimum absolute atomic E-state index is 0.00864. The molecule has 2 aromatic carbocycles. The van der Waals surface area contributed by atoms with Crippen LogP contribution >= 0.6 is 11.6 Å². The Labute approximate surface area is 158 Å². The van der Waals surface area contributed by atoms with E-state index in [4.69, 9.17) is 11.6 Å². The molecule has 0 radical (unpaired) electrons. The molecule has 1 aliphatic heterocycles. The van der Waals surface area contributed by atoms with E-state index < -0.39 is 0 Å². The van der Waals surface area contributed by atoms with Gasteiger partial charge in [0.05, 0.1) is 6.54 Å². The summed E-state index contributed by atoms with van der Waals surface area (Å²) in [4.78, 5) is 16.7. The molecular weight excluding hydrogens is 353 g/mol. The number of hydrogen-bond donors (Lipinski definition) is 1. The van der Waals surface area contributed by atoms with Crippen LogP contribution in [0.3, 0.4) is 0 Å². The van der Waals surface area contributed by atoms with E-state index in [0.717, 1.165) is 43.0 Å². The number of para-hydroxylation sites is 1. The van der Waals surface area contributed by atoms with E-state index in [9.17, 15) is 9.18 Å². The number of benzene rings is 2. The number of anilines is 1. The number of carbonyl (C=O) groups is 1. The van der Waals surface area contributed by atoms with Crippen molar-refractivity contribution in [3.63, 3.8) is 0 Å². The molecule has 4 nitrogen and oxygen atoms in total. The Hall–Kier alpha value is -1.95. The number of aryl methyl sites for hydroxylation is 1. The highest BCUT2D eigenvalue weighted by atomic mass is 35.5. The Morgan fingerprint density at radius 2 is 1.81 bits per heavy atom. The molecule has 1 amide bonds. The predicted octanol–water partition coefficient (Wildman–Crippen LogP) is 3.54. The van der Waals surface area contributed by atoms with Gasteiger partial charge in [-0.05, 0) is 36.2 Å². The Balaban J connectivity index is 1.46. The first-order valence-electron chi connectivity index (χ1n) is 8.75. The molecule has 138 valence electrons. The number of halogens is 2. The standard InChI is InChI=1S/C20H23ClFN3O/c1-15-4-2-3-5-19(15)23-20(26)14-25-10-8-24(9-11-25)13-16-6-7-17(22)12-18(16)21/h2-7,12H,8-11,13-14H2,1H3,(H,23,26). The number of nitrogens with zero attached hydrogens (tertiary/aromatic N) is 2. The fourth-order valence-electron chi connectivity index (χ4n) is 3.10. The summed E-state index contributed by atoms with van der Waals surface area (Å²) in [6.45, 7) is 6.41. The molecule has 0 saturated carbocycles. The molecule has 0 bridgehead atoms. The van der Waals surface area contributed by atoms with Gasteiger partial charge in [-0.2, -0.15) is 0 Å². The van der Waals surface area contributed by atoms with E-state index in [1.807, 2.05) is 31.2 Å². The second-order valence-corrected chi connectivity index (χ2v) is 7.06. The zero-order valence-corrected chi connectivity index (χ0v) is 15.6. The quantitative estimate of drug-likeness (QED) is 0.868. The van der Waals surface area contributed by atoms with Crippen LogP contribution in [0.2, 0.25) is 5.02 Å². The number of rotatable bonds is 5. The normalized spacial score (nSPS) is 15.8. The summed E-state index contributed by atoms with van der Waals surface area (Å²) in [5.74, 6) is -0.308. The Morgan fingerprint density at radius 3 is 2.50 bits per heavy atom. The molecular formula is C20H23ClFN3O. The van der Waals surface area contributed by atoms with Gasteiger partial charge in [-0.25, -0.2) is 4.39 Å². The highest BCUT2D eigenvalue weighted by Gasteiger charge is 2.20. The number of amides is 1. The number of hydrogen-bond acceptors (Lipinski definition) is 3. The zero-order valence-electron chi connectivity index (χ0n) is 14.8. The van der Waals surface area contributed by atoms with Gasteiger partial charge in [-0.1, -0.05) is 35.9 Å². The molecule has 1 heterocycles. The maximum absolute atomic E-state index is 13.1. The molecule has 1 N–H and O–H groups in total. The van der Waals surface area contributed by atoms with Crippen molar-refractivity contribution in [2.24, 2.45) is 0 Å². The summed E-state index contributed by atoms with van der Waals surface area (Å²) in [7, 11) is 0. The maximum Gasteiger partial charge on any atom is 0.238 e. The molecule has 6 heteroatoms. The molecule has 26 heavy (non-hydrogen) atoms. The van der Waals surface area contributed by atoms with Crippen LogP contribution in [0.1, 0.15) is 11.1 Å². The van der Waals surface area contributed by atoms with Crippen LogP contribution in [-0.2, 0) is 11.3 Å². The number of nitrogens with one attached hydrogen (secondary N) is 1. The molecule has 0 unspecified atom stereocenters. The zero-order chi connectivity index (χ0) is 18.5. The van der Waals surface area contributed by atoms with Crippen LogP contribution in [0.25, 0.3) is 0 Å². The fourth-order valence-corrected chi connectivity index (χ4v) is 3.33. The van der Waals surface area contributed by atoms with Crippen LogP contribution in [-0.4, -0.2) is 48.4 Å². The van der Waals surface area contributed by atoms with Gasteiger partial charge < -0.3 is 5.32 Å². The molecule has 1 fully saturated rings. The second kappa shape index (κ2) is 8.62. The predicted molar refractivity (Wildman–Crippen MR) is 103 cm³/mol. The third-order valence-electron chi connectivity index (χ3n) is 4.66. The SMILES string of the molecule is Cc1ccccc1NC(=O)CN1CCN(Cc2ccc(F)cc2Cl)CC1. The van der Waals surface area contributed by atoms with Gasteiger partial charge >= 0.3 is 0 Å². The van der Waals surface area contributed by atoms with Crippen molar-refractivity contribution >= 4 is 23.2 Å². The van der Waals surface area contributed by atoms with E-state index in [2.05, 4.69) is 15.1 Å². The van der Waals surface area contributed by atoms with Crippen molar-refractivity contribution in [1.82, 2.24) is 9.80 Å². The average molecular weight is 376 g/mol. The smallest absolute Gasteiger partial charge is 0.238 e. The molecule has 0 spiro atoms. The summed E-state index contributed by atoms with van der Waals surface area (Å²) < 4.78 is 13.1. The molecule has 0 atom stereocenters. The lowest BCUT2D eigenvalue weighted by Crippen LogP contribution is -2.48. The third kappa shape index (κ3) is 5.04. The number of carbonyl (C=O) groups excluding carboxylic acids is 1. The van der Waals surface area contributed by atoms with Gasteiger partial charge in [-0.3, -0.25) is 14.6 Å². The van der Waals surface area contributed by atoms with E-state index in [1.165, 1.54) is 12.1 Å². The van der Waals surface area contributed by atoms with Gasteiger partial charge in [0.15, 0.2) is 0 Å². The summed E-state index contributed by atoms with van der Waals surface area (Å²) in [6, 6.07) is 12.3. The molecule has 0 aromatic heterocycles. The van der Waals surface area contributed by atoms with Crippen LogP contribution in [0.4, 0.5) is 10.1 Å². The highest BCUT2D eigenvalue weighted by Crippen LogP contribution is 2.20. The fraction of sp³-hybridized carbons (Fsp3) is 0.350. The molecule has 0 aliphatic carbocycles. The first-order valence-corrected chi connectivity index (χ1v) is 9.13. The minimum atomic E-state index is -0.316. The van der Waals surface area contributed by atoms with Crippen molar-refractivity contribution in [3.8, 4) is 0 Å². The molecule has 3 rings (SSSR count). The van der Waals surface area contributed by atoms with Crippen molar-refractivity contribution in [2.45, 2.75) is 13.5 Å².